The Morgan fingerprint density at radius 3 is 2.44 bits per heavy atom. The van der Waals surface area contributed by atoms with E-state index in [4.69, 9.17) is 34.8 Å². The van der Waals surface area contributed by atoms with Gasteiger partial charge in [0.2, 0.25) is 3.79 Å². The molecule has 0 heterocycles. The van der Waals surface area contributed by atoms with E-state index in [0.717, 1.165) is 5.56 Å². The van der Waals surface area contributed by atoms with E-state index in [-0.39, 0.29) is 11.3 Å². The Morgan fingerprint density at radius 2 is 1.84 bits per heavy atom. The van der Waals surface area contributed by atoms with Crippen molar-refractivity contribution < 1.29 is 9.72 Å². The van der Waals surface area contributed by atoms with Gasteiger partial charge in [-0.25, -0.2) is 0 Å². The summed E-state index contributed by atoms with van der Waals surface area (Å²) in [6.07, 6.45) is -1.10. The zero-order valence-electron chi connectivity index (χ0n) is 13.0. The molecular formula is C16H14Cl3N3O3. The molecule has 0 aromatic heterocycles. The van der Waals surface area contributed by atoms with Crippen LogP contribution in [0, 0.1) is 17.0 Å². The van der Waals surface area contributed by atoms with Crippen molar-refractivity contribution in [3.8, 4) is 0 Å². The lowest BCUT2D eigenvalue weighted by Crippen LogP contribution is -2.49. The second-order valence-electron chi connectivity index (χ2n) is 5.24. The predicted octanol–water partition coefficient (Wildman–Crippen LogP) is 4.44. The Morgan fingerprint density at radius 1 is 1.16 bits per heavy atom. The van der Waals surface area contributed by atoms with Crippen LogP contribution in [0.5, 0.6) is 0 Å². The van der Waals surface area contributed by atoms with Crippen molar-refractivity contribution in [2.24, 2.45) is 0 Å². The molecule has 1 amide bonds. The number of rotatable bonds is 5. The van der Waals surface area contributed by atoms with Gasteiger partial charge in [-0.3, -0.25) is 14.9 Å². The molecule has 0 bridgehead atoms. The number of nitrogens with zero attached hydrogens (tertiary/aromatic N) is 1. The second kappa shape index (κ2) is 7.91. The van der Waals surface area contributed by atoms with E-state index < -0.39 is 20.8 Å². The lowest BCUT2D eigenvalue weighted by molar-refractivity contribution is -0.385. The number of alkyl halides is 3. The lowest BCUT2D eigenvalue weighted by Gasteiger charge is -2.27. The van der Waals surface area contributed by atoms with Crippen LogP contribution in [0.4, 0.5) is 11.4 Å². The van der Waals surface area contributed by atoms with Gasteiger partial charge in [-0.2, -0.15) is 0 Å². The van der Waals surface area contributed by atoms with Gasteiger partial charge in [-0.15, -0.1) is 0 Å². The Hall–Kier alpha value is -2.02. The predicted molar refractivity (Wildman–Crippen MR) is 99.4 cm³/mol. The molecule has 1 unspecified atom stereocenters. The topological polar surface area (TPSA) is 84.3 Å². The first kappa shape index (κ1) is 19.3. The van der Waals surface area contributed by atoms with E-state index in [0.29, 0.717) is 5.69 Å². The van der Waals surface area contributed by atoms with Crippen molar-refractivity contribution in [1.29, 1.82) is 0 Å². The van der Waals surface area contributed by atoms with Crippen LogP contribution < -0.4 is 10.6 Å². The zero-order chi connectivity index (χ0) is 18.6. The highest BCUT2D eigenvalue weighted by Gasteiger charge is 2.35. The molecule has 2 N–H and O–H groups in total. The molecule has 0 saturated carbocycles. The zero-order valence-corrected chi connectivity index (χ0v) is 15.3. The maximum atomic E-state index is 12.5. The van der Waals surface area contributed by atoms with E-state index in [9.17, 15) is 14.9 Å². The molecule has 2 aromatic rings. The van der Waals surface area contributed by atoms with Crippen LogP contribution in [0.25, 0.3) is 0 Å². The monoisotopic (exact) mass is 401 g/mol. The number of aryl methyl sites for hydroxylation is 1. The van der Waals surface area contributed by atoms with Gasteiger partial charge in [0, 0.05) is 11.8 Å². The number of para-hydroxylation sites is 1. The molecule has 0 aliphatic heterocycles. The first-order valence-electron chi connectivity index (χ1n) is 7.12. The highest BCUT2D eigenvalue weighted by Crippen LogP contribution is 2.31. The number of nitrogens with one attached hydrogen (secondary N) is 2. The molecule has 6 nitrogen and oxygen atoms in total. The molecule has 0 radical (unpaired) electrons. The van der Waals surface area contributed by atoms with Crippen molar-refractivity contribution in [3.05, 3.63) is 69.8 Å². The fourth-order valence-corrected chi connectivity index (χ4v) is 2.46. The molecule has 0 aliphatic rings. The molecule has 2 rings (SSSR count). The van der Waals surface area contributed by atoms with Gasteiger partial charge < -0.3 is 10.6 Å². The number of carbonyl (C=O) groups is 1. The Bertz CT molecular complexity index is 793. The van der Waals surface area contributed by atoms with Gasteiger partial charge >= 0.3 is 0 Å². The number of benzene rings is 2. The first-order chi connectivity index (χ1) is 11.7. The van der Waals surface area contributed by atoms with Crippen LogP contribution >= 0.6 is 34.8 Å². The maximum absolute atomic E-state index is 12.5. The average Bonchev–Trinajstić information content (AvgIpc) is 2.53. The van der Waals surface area contributed by atoms with Gasteiger partial charge in [0.25, 0.3) is 11.6 Å². The van der Waals surface area contributed by atoms with Gasteiger partial charge in [0.05, 0.1) is 4.92 Å². The number of anilines is 1. The summed E-state index contributed by atoms with van der Waals surface area (Å²) in [4.78, 5) is 22.9. The Labute approximate surface area is 159 Å². The number of hydrogen-bond acceptors (Lipinski definition) is 4. The fraction of sp³-hybridized carbons (Fsp3) is 0.188. The van der Waals surface area contributed by atoms with Crippen LogP contribution in [0.2, 0.25) is 0 Å². The molecule has 0 spiro atoms. The van der Waals surface area contributed by atoms with Crippen LogP contribution in [-0.2, 0) is 0 Å². The quantitative estimate of drug-likeness (QED) is 0.335. The summed E-state index contributed by atoms with van der Waals surface area (Å²) in [6, 6.07) is 12.8. The maximum Gasteiger partial charge on any atom is 0.282 e. The summed E-state index contributed by atoms with van der Waals surface area (Å²) in [5, 5.41) is 16.5. The van der Waals surface area contributed by atoms with Crippen LogP contribution in [0.15, 0.2) is 48.5 Å². The summed E-state index contributed by atoms with van der Waals surface area (Å²) in [7, 11) is 0. The van der Waals surface area contributed by atoms with Crippen molar-refractivity contribution >= 4 is 52.1 Å². The number of halogens is 3. The fourth-order valence-electron chi connectivity index (χ4n) is 2.13. The summed E-state index contributed by atoms with van der Waals surface area (Å²) in [5.41, 5.74) is 1.13. The summed E-state index contributed by atoms with van der Waals surface area (Å²) >= 11 is 17.8. The normalized spacial score (nSPS) is 12.3. The molecule has 0 fully saturated rings. The Kier molecular flexibility index (Phi) is 6.11. The standard InChI is InChI=1S/C16H14Cl3N3O3/c1-10-5-4-6-11(9-10)20-15(16(17,18)19)21-14(23)12-7-2-3-8-13(12)22(24)25/h2-9,15,20H,1H3,(H,21,23). The van der Waals surface area contributed by atoms with Crippen molar-refractivity contribution in [2.45, 2.75) is 16.9 Å². The molecule has 0 saturated heterocycles. The average molecular weight is 403 g/mol. The minimum Gasteiger partial charge on any atom is -0.362 e. The third kappa shape index (κ3) is 5.22. The number of hydrogen-bond donors (Lipinski definition) is 2. The van der Waals surface area contributed by atoms with E-state index in [1.807, 2.05) is 13.0 Å². The minimum absolute atomic E-state index is 0.127. The molecule has 2 aromatic carbocycles. The summed E-state index contributed by atoms with van der Waals surface area (Å²) in [5.74, 6) is -0.733. The SMILES string of the molecule is Cc1cccc(NC(NC(=O)c2ccccc2[N+](=O)[O-])C(Cl)(Cl)Cl)c1. The smallest absolute Gasteiger partial charge is 0.282 e. The molecule has 25 heavy (non-hydrogen) atoms. The van der Waals surface area contributed by atoms with Crippen LogP contribution in [0.3, 0.4) is 0 Å². The molecule has 9 heteroatoms. The van der Waals surface area contributed by atoms with E-state index in [2.05, 4.69) is 10.6 Å². The van der Waals surface area contributed by atoms with Crippen molar-refractivity contribution in [2.75, 3.05) is 5.32 Å². The highest BCUT2D eigenvalue weighted by molar-refractivity contribution is 6.68. The minimum atomic E-state index is -1.89. The first-order valence-corrected chi connectivity index (χ1v) is 8.26. The van der Waals surface area contributed by atoms with Gasteiger partial charge in [-0.05, 0) is 30.7 Å². The van der Waals surface area contributed by atoms with Gasteiger partial charge in [0.1, 0.15) is 11.7 Å². The molecule has 0 aliphatic carbocycles. The van der Waals surface area contributed by atoms with Crippen LogP contribution in [0.1, 0.15) is 15.9 Å². The third-order valence-corrected chi connectivity index (χ3v) is 3.93. The summed E-state index contributed by atoms with van der Waals surface area (Å²) in [6.45, 7) is 1.89. The highest BCUT2D eigenvalue weighted by atomic mass is 35.6. The number of nitro benzene ring substituents is 1. The van der Waals surface area contributed by atoms with Crippen molar-refractivity contribution in [1.82, 2.24) is 5.32 Å². The second-order valence-corrected chi connectivity index (χ2v) is 7.61. The largest absolute Gasteiger partial charge is 0.362 e. The third-order valence-electron chi connectivity index (χ3n) is 3.28. The molecule has 1 atom stereocenters. The number of nitro groups is 1. The summed E-state index contributed by atoms with van der Waals surface area (Å²) < 4.78 is -1.89. The number of carbonyl (C=O) groups excluding carboxylic acids is 1. The lowest BCUT2D eigenvalue weighted by atomic mass is 10.1. The van der Waals surface area contributed by atoms with E-state index in [1.165, 1.54) is 24.3 Å². The van der Waals surface area contributed by atoms with Gasteiger partial charge in [0.15, 0.2) is 0 Å². The number of amides is 1. The molecular weight excluding hydrogens is 389 g/mol. The van der Waals surface area contributed by atoms with E-state index >= 15 is 0 Å². The van der Waals surface area contributed by atoms with Gasteiger partial charge in [-0.1, -0.05) is 59.1 Å². The molecule has 132 valence electrons. The Balaban J connectivity index is 2.26. The van der Waals surface area contributed by atoms with Crippen LogP contribution in [-0.4, -0.2) is 20.8 Å². The van der Waals surface area contributed by atoms with E-state index in [1.54, 1.807) is 18.2 Å². The van der Waals surface area contributed by atoms with Crippen molar-refractivity contribution in [3.63, 3.8) is 0 Å².